The molecule has 0 aromatic heterocycles. The number of halogens is 1. The Morgan fingerprint density at radius 3 is 2.71 bits per heavy atom. The summed E-state index contributed by atoms with van der Waals surface area (Å²) in [4.78, 5) is 11.8. The quantitative estimate of drug-likeness (QED) is 0.737. The summed E-state index contributed by atoms with van der Waals surface area (Å²) in [6, 6.07) is 6.02. The van der Waals surface area contributed by atoms with E-state index in [4.69, 9.17) is 4.74 Å². The number of rotatable bonds is 1. The lowest BCUT2D eigenvalue weighted by Gasteiger charge is -2.27. The zero-order chi connectivity index (χ0) is 12.6. The molecule has 0 bridgehead atoms. The Morgan fingerprint density at radius 2 is 2.06 bits per heavy atom. The number of carbonyl (C=O) groups is 1. The molecule has 2 rings (SSSR count). The zero-order valence-corrected chi connectivity index (χ0v) is 11.7. The van der Waals surface area contributed by atoms with Crippen LogP contribution in [-0.4, -0.2) is 13.1 Å². The number of fused-ring (bicyclic) bond motifs is 1. The SMILES string of the molecule is COC(=O)C1=CC(C)C(C)c2cc(Br)ccc21. The van der Waals surface area contributed by atoms with Crippen molar-refractivity contribution in [2.45, 2.75) is 19.8 Å². The molecule has 17 heavy (non-hydrogen) atoms. The molecule has 1 aromatic rings. The molecule has 90 valence electrons. The molecule has 1 aromatic carbocycles. The van der Waals surface area contributed by atoms with E-state index in [1.54, 1.807) is 0 Å². The standard InChI is InChI=1S/C14H15BrO2/c1-8-6-13(14(16)17-3)11-5-4-10(15)7-12(11)9(8)2/h4-9H,1-3H3. The number of esters is 1. The molecule has 0 radical (unpaired) electrons. The van der Waals surface area contributed by atoms with E-state index in [-0.39, 0.29) is 5.97 Å². The topological polar surface area (TPSA) is 26.3 Å². The second-order valence-electron chi connectivity index (χ2n) is 4.45. The second-order valence-corrected chi connectivity index (χ2v) is 5.37. The van der Waals surface area contributed by atoms with E-state index >= 15 is 0 Å². The predicted molar refractivity (Wildman–Crippen MR) is 71.7 cm³/mol. The van der Waals surface area contributed by atoms with Crippen molar-refractivity contribution in [2.75, 3.05) is 7.11 Å². The molecule has 0 N–H and O–H groups in total. The molecule has 1 aliphatic carbocycles. The number of allylic oxidation sites excluding steroid dienone is 1. The maximum Gasteiger partial charge on any atom is 0.338 e. The van der Waals surface area contributed by atoms with Crippen LogP contribution in [0.4, 0.5) is 0 Å². The first-order valence-electron chi connectivity index (χ1n) is 5.64. The highest BCUT2D eigenvalue weighted by Gasteiger charge is 2.27. The third-order valence-electron chi connectivity index (χ3n) is 3.42. The third-order valence-corrected chi connectivity index (χ3v) is 3.91. The Balaban J connectivity index is 2.58. The molecule has 0 heterocycles. The van der Waals surface area contributed by atoms with Gasteiger partial charge < -0.3 is 4.74 Å². The summed E-state index contributed by atoms with van der Waals surface area (Å²) in [7, 11) is 1.42. The molecule has 2 nitrogen and oxygen atoms in total. The summed E-state index contributed by atoms with van der Waals surface area (Å²) < 4.78 is 5.88. The number of hydrogen-bond donors (Lipinski definition) is 0. The Labute approximate surface area is 110 Å². The van der Waals surface area contributed by atoms with Crippen molar-refractivity contribution in [1.82, 2.24) is 0 Å². The van der Waals surface area contributed by atoms with Gasteiger partial charge in [-0.1, -0.05) is 41.9 Å². The van der Waals surface area contributed by atoms with Gasteiger partial charge in [-0.15, -0.1) is 0 Å². The maximum absolute atomic E-state index is 11.8. The van der Waals surface area contributed by atoms with E-state index in [1.165, 1.54) is 12.7 Å². The van der Waals surface area contributed by atoms with Gasteiger partial charge in [-0.2, -0.15) is 0 Å². The summed E-state index contributed by atoms with van der Waals surface area (Å²) in [6.45, 7) is 4.30. The van der Waals surface area contributed by atoms with Crippen LogP contribution in [0.25, 0.3) is 5.57 Å². The summed E-state index contributed by atoms with van der Waals surface area (Å²) in [5.41, 5.74) is 2.88. The molecular weight excluding hydrogens is 280 g/mol. The molecule has 0 saturated heterocycles. The number of benzene rings is 1. The maximum atomic E-state index is 11.8. The van der Waals surface area contributed by atoms with Gasteiger partial charge in [0.2, 0.25) is 0 Å². The number of methoxy groups -OCH3 is 1. The second kappa shape index (κ2) is 4.65. The highest BCUT2D eigenvalue weighted by Crippen LogP contribution is 2.39. The van der Waals surface area contributed by atoms with Crippen molar-refractivity contribution in [3.8, 4) is 0 Å². The van der Waals surface area contributed by atoms with Crippen molar-refractivity contribution >= 4 is 27.5 Å². The summed E-state index contributed by atoms with van der Waals surface area (Å²) in [5, 5.41) is 0. The van der Waals surface area contributed by atoms with Gasteiger partial charge in [0.15, 0.2) is 0 Å². The Morgan fingerprint density at radius 1 is 1.35 bits per heavy atom. The van der Waals surface area contributed by atoms with Gasteiger partial charge in [0, 0.05) is 4.47 Å². The lowest BCUT2D eigenvalue weighted by Crippen LogP contribution is -2.17. The predicted octanol–water partition coefficient (Wildman–Crippen LogP) is 3.76. The Bertz CT molecular complexity index is 491. The van der Waals surface area contributed by atoms with Crippen LogP contribution in [0.5, 0.6) is 0 Å². The fraction of sp³-hybridized carbons (Fsp3) is 0.357. The highest BCUT2D eigenvalue weighted by atomic mass is 79.9. The summed E-state index contributed by atoms with van der Waals surface area (Å²) in [5.74, 6) is 0.495. The molecule has 3 heteroatoms. The van der Waals surface area contributed by atoms with Crippen molar-refractivity contribution in [3.05, 3.63) is 39.9 Å². The highest BCUT2D eigenvalue weighted by molar-refractivity contribution is 9.10. The van der Waals surface area contributed by atoms with Gasteiger partial charge in [0.1, 0.15) is 0 Å². The molecule has 0 spiro atoms. The van der Waals surface area contributed by atoms with Gasteiger partial charge in [-0.05, 0) is 35.1 Å². The molecule has 0 aliphatic heterocycles. The van der Waals surface area contributed by atoms with Crippen molar-refractivity contribution in [2.24, 2.45) is 5.92 Å². The molecule has 2 atom stereocenters. The lowest BCUT2D eigenvalue weighted by molar-refractivity contribution is -0.133. The minimum atomic E-state index is -0.257. The van der Waals surface area contributed by atoms with E-state index in [9.17, 15) is 4.79 Å². The van der Waals surface area contributed by atoms with Crippen LogP contribution in [0, 0.1) is 5.92 Å². The fourth-order valence-electron chi connectivity index (χ4n) is 2.22. The minimum absolute atomic E-state index is 0.257. The number of hydrogen-bond acceptors (Lipinski definition) is 2. The smallest absolute Gasteiger partial charge is 0.338 e. The van der Waals surface area contributed by atoms with Crippen LogP contribution < -0.4 is 0 Å². The van der Waals surface area contributed by atoms with Gasteiger partial charge in [-0.3, -0.25) is 0 Å². The first kappa shape index (κ1) is 12.4. The molecule has 0 amide bonds. The Kier molecular flexibility index (Phi) is 3.38. The zero-order valence-electron chi connectivity index (χ0n) is 10.2. The van der Waals surface area contributed by atoms with Crippen LogP contribution in [-0.2, 0) is 9.53 Å². The average molecular weight is 295 g/mol. The van der Waals surface area contributed by atoms with Crippen LogP contribution in [0.15, 0.2) is 28.7 Å². The molecule has 0 fully saturated rings. The minimum Gasteiger partial charge on any atom is -0.465 e. The van der Waals surface area contributed by atoms with Crippen molar-refractivity contribution in [1.29, 1.82) is 0 Å². The van der Waals surface area contributed by atoms with Gasteiger partial charge in [0.05, 0.1) is 12.7 Å². The first-order valence-corrected chi connectivity index (χ1v) is 6.44. The van der Waals surface area contributed by atoms with Gasteiger partial charge >= 0.3 is 5.97 Å². The molecule has 2 unspecified atom stereocenters. The van der Waals surface area contributed by atoms with E-state index < -0.39 is 0 Å². The van der Waals surface area contributed by atoms with Gasteiger partial charge in [0.25, 0.3) is 0 Å². The summed E-state index contributed by atoms with van der Waals surface area (Å²) >= 11 is 3.48. The van der Waals surface area contributed by atoms with E-state index in [0.717, 1.165) is 10.0 Å². The van der Waals surface area contributed by atoms with Crippen LogP contribution in [0.3, 0.4) is 0 Å². The third kappa shape index (κ3) is 2.16. The van der Waals surface area contributed by atoms with Crippen LogP contribution in [0.2, 0.25) is 0 Å². The van der Waals surface area contributed by atoms with E-state index in [0.29, 0.717) is 17.4 Å². The first-order chi connectivity index (χ1) is 8.04. The van der Waals surface area contributed by atoms with Crippen LogP contribution >= 0.6 is 15.9 Å². The fourth-order valence-corrected chi connectivity index (χ4v) is 2.60. The average Bonchev–Trinajstić information content (AvgIpc) is 2.33. The monoisotopic (exact) mass is 294 g/mol. The van der Waals surface area contributed by atoms with E-state index in [1.807, 2.05) is 18.2 Å². The number of carbonyl (C=O) groups excluding carboxylic acids is 1. The Hall–Kier alpha value is -1.09. The molecule has 1 aliphatic rings. The normalized spacial score (nSPS) is 22.7. The van der Waals surface area contributed by atoms with Crippen molar-refractivity contribution < 1.29 is 9.53 Å². The van der Waals surface area contributed by atoms with Crippen molar-refractivity contribution in [3.63, 3.8) is 0 Å². The van der Waals surface area contributed by atoms with Gasteiger partial charge in [-0.25, -0.2) is 4.79 Å². The summed E-state index contributed by atoms with van der Waals surface area (Å²) in [6.07, 6.45) is 2.01. The van der Waals surface area contributed by atoms with Crippen LogP contribution in [0.1, 0.15) is 30.9 Å². The van der Waals surface area contributed by atoms with E-state index in [2.05, 4.69) is 35.8 Å². The number of ether oxygens (including phenoxy) is 1. The largest absolute Gasteiger partial charge is 0.465 e. The molecule has 0 saturated carbocycles. The lowest BCUT2D eigenvalue weighted by atomic mass is 9.78. The molecular formula is C14H15BrO2.